The molecule has 0 bridgehead atoms. The number of rotatable bonds is 2. The Kier molecular flexibility index (Phi) is 2.63. The van der Waals surface area contributed by atoms with Crippen molar-refractivity contribution in [2.24, 2.45) is 0 Å². The predicted molar refractivity (Wildman–Crippen MR) is 73.1 cm³/mol. The second-order valence-corrected chi connectivity index (χ2v) is 4.70. The van der Waals surface area contributed by atoms with Gasteiger partial charge in [0.2, 0.25) is 0 Å². The second-order valence-electron chi connectivity index (χ2n) is 4.70. The van der Waals surface area contributed by atoms with E-state index >= 15 is 0 Å². The van der Waals surface area contributed by atoms with Gasteiger partial charge in [-0.25, -0.2) is 9.97 Å². The molecule has 0 fully saturated rings. The van der Waals surface area contributed by atoms with Crippen LogP contribution >= 0.6 is 0 Å². The first kappa shape index (κ1) is 11.0. The third kappa shape index (κ3) is 1.70. The molecule has 2 heterocycles. The van der Waals surface area contributed by atoms with Gasteiger partial charge in [-0.15, -0.1) is 0 Å². The van der Waals surface area contributed by atoms with Crippen molar-refractivity contribution in [2.75, 3.05) is 16.5 Å². The minimum atomic E-state index is 0.434. The van der Waals surface area contributed by atoms with Gasteiger partial charge in [-0.05, 0) is 26.0 Å². The molecule has 1 aromatic heterocycles. The first-order valence-electron chi connectivity index (χ1n) is 6.16. The Morgan fingerprint density at radius 2 is 1.94 bits per heavy atom. The molecule has 0 atom stereocenters. The minimum absolute atomic E-state index is 0.434. The summed E-state index contributed by atoms with van der Waals surface area (Å²) in [7, 11) is 0. The van der Waals surface area contributed by atoms with Crippen LogP contribution in [-0.2, 0) is 0 Å². The SMILES string of the molecule is CC(C)N1CN(c2ccccc2)c2ncncc21. The number of aromatic nitrogens is 2. The van der Waals surface area contributed by atoms with E-state index in [2.05, 4.69) is 45.7 Å². The lowest BCUT2D eigenvalue weighted by Gasteiger charge is -2.24. The van der Waals surface area contributed by atoms with Crippen LogP contribution in [0.1, 0.15) is 13.8 Å². The van der Waals surface area contributed by atoms with Gasteiger partial charge in [-0.1, -0.05) is 18.2 Å². The topological polar surface area (TPSA) is 32.3 Å². The maximum Gasteiger partial charge on any atom is 0.161 e. The lowest BCUT2D eigenvalue weighted by atomic mass is 10.3. The number of hydrogen-bond donors (Lipinski definition) is 0. The molecule has 3 rings (SSSR count). The number of para-hydroxylation sites is 1. The molecular formula is C14H16N4. The average Bonchev–Trinajstić information content (AvgIpc) is 2.79. The lowest BCUT2D eigenvalue weighted by Crippen LogP contribution is -2.33. The molecule has 0 saturated carbocycles. The van der Waals surface area contributed by atoms with Crippen LogP contribution in [0.4, 0.5) is 17.2 Å². The van der Waals surface area contributed by atoms with Gasteiger partial charge < -0.3 is 9.80 Å². The Morgan fingerprint density at radius 1 is 1.17 bits per heavy atom. The van der Waals surface area contributed by atoms with Crippen molar-refractivity contribution < 1.29 is 0 Å². The highest BCUT2D eigenvalue weighted by Crippen LogP contribution is 2.38. The van der Waals surface area contributed by atoms with Crippen LogP contribution in [0.2, 0.25) is 0 Å². The molecule has 4 heteroatoms. The van der Waals surface area contributed by atoms with Crippen LogP contribution in [0.15, 0.2) is 42.9 Å². The smallest absolute Gasteiger partial charge is 0.161 e. The minimum Gasteiger partial charge on any atom is -0.347 e. The molecule has 0 saturated heterocycles. The Labute approximate surface area is 107 Å². The lowest BCUT2D eigenvalue weighted by molar-refractivity contribution is 0.708. The fourth-order valence-electron chi connectivity index (χ4n) is 2.28. The fraction of sp³-hybridized carbons (Fsp3) is 0.286. The van der Waals surface area contributed by atoms with E-state index in [4.69, 9.17) is 0 Å². The third-order valence-electron chi connectivity index (χ3n) is 3.22. The summed E-state index contributed by atoms with van der Waals surface area (Å²) >= 11 is 0. The van der Waals surface area contributed by atoms with Crippen molar-refractivity contribution in [1.82, 2.24) is 9.97 Å². The normalized spacial score (nSPS) is 14.2. The van der Waals surface area contributed by atoms with Crippen molar-refractivity contribution >= 4 is 17.2 Å². The van der Waals surface area contributed by atoms with E-state index in [0.717, 1.165) is 18.2 Å². The summed E-state index contributed by atoms with van der Waals surface area (Å²) in [6.07, 6.45) is 3.50. The molecule has 0 radical (unpaired) electrons. The first-order valence-corrected chi connectivity index (χ1v) is 6.16. The largest absolute Gasteiger partial charge is 0.347 e. The molecule has 0 aliphatic carbocycles. The van der Waals surface area contributed by atoms with Gasteiger partial charge in [-0.2, -0.15) is 0 Å². The van der Waals surface area contributed by atoms with Gasteiger partial charge in [0, 0.05) is 11.7 Å². The summed E-state index contributed by atoms with van der Waals surface area (Å²) in [6, 6.07) is 10.8. The van der Waals surface area contributed by atoms with Crippen molar-refractivity contribution in [3.63, 3.8) is 0 Å². The van der Waals surface area contributed by atoms with Gasteiger partial charge in [0.1, 0.15) is 12.0 Å². The molecule has 0 amide bonds. The van der Waals surface area contributed by atoms with Crippen LogP contribution in [-0.4, -0.2) is 22.7 Å². The van der Waals surface area contributed by atoms with Crippen LogP contribution < -0.4 is 9.80 Å². The predicted octanol–water partition coefficient (Wildman–Crippen LogP) is 2.80. The molecule has 4 nitrogen and oxygen atoms in total. The van der Waals surface area contributed by atoms with E-state index in [-0.39, 0.29) is 0 Å². The maximum absolute atomic E-state index is 4.42. The Morgan fingerprint density at radius 3 is 2.67 bits per heavy atom. The van der Waals surface area contributed by atoms with Gasteiger partial charge in [0.15, 0.2) is 5.82 Å². The Balaban J connectivity index is 2.05. The number of nitrogens with zero attached hydrogens (tertiary/aromatic N) is 4. The summed E-state index contributed by atoms with van der Waals surface area (Å²) < 4.78 is 0. The molecule has 92 valence electrons. The summed E-state index contributed by atoms with van der Waals surface area (Å²) in [5, 5.41) is 0. The monoisotopic (exact) mass is 240 g/mol. The first-order chi connectivity index (χ1) is 8.77. The second kappa shape index (κ2) is 4.29. The van der Waals surface area contributed by atoms with Crippen LogP contribution in [0.3, 0.4) is 0 Å². The van der Waals surface area contributed by atoms with Gasteiger partial charge in [0.25, 0.3) is 0 Å². The molecule has 0 unspecified atom stereocenters. The van der Waals surface area contributed by atoms with E-state index in [1.54, 1.807) is 6.33 Å². The summed E-state index contributed by atoms with van der Waals surface area (Å²) in [6.45, 7) is 5.20. The molecule has 0 N–H and O–H groups in total. The zero-order valence-electron chi connectivity index (χ0n) is 10.6. The summed E-state index contributed by atoms with van der Waals surface area (Å²) in [5.41, 5.74) is 2.27. The van der Waals surface area contributed by atoms with E-state index in [1.807, 2.05) is 24.4 Å². The van der Waals surface area contributed by atoms with Crippen LogP contribution in [0.5, 0.6) is 0 Å². The summed E-state index contributed by atoms with van der Waals surface area (Å²) in [5.74, 6) is 0.991. The van der Waals surface area contributed by atoms with Crippen LogP contribution in [0.25, 0.3) is 0 Å². The molecule has 18 heavy (non-hydrogen) atoms. The third-order valence-corrected chi connectivity index (χ3v) is 3.22. The van der Waals surface area contributed by atoms with Crippen molar-refractivity contribution in [3.8, 4) is 0 Å². The molecule has 1 aliphatic heterocycles. The quantitative estimate of drug-likeness (QED) is 0.808. The van der Waals surface area contributed by atoms with Crippen molar-refractivity contribution in [3.05, 3.63) is 42.9 Å². The van der Waals surface area contributed by atoms with Gasteiger partial charge in [0.05, 0.1) is 12.9 Å². The van der Waals surface area contributed by atoms with E-state index < -0.39 is 0 Å². The average molecular weight is 240 g/mol. The molecular weight excluding hydrogens is 224 g/mol. The number of fused-ring (bicyclic) bond motifs is 1. The highest BCUT2D eigenvalue weighted by atomic mass is 15.4. The standard InChI is InChI=1S/C14H16N4/c1-11(2)17-10-18(12-6-4-3-5-7-12)14-13(17)8-15-9-16-14/h3-9,11H,10H2,1-2H3. The van der Waals surface area contributed by atoms with Gasteiger partial charge >= 0.3 is 0 Å². The molecule has 1 aromatic carbocycles. The zero-order valence-corrected chi connectivity index (χ0v) is 10.6. The fourth-order valence-corrected chi connectivity index (χ4v) is 2.28. The van der Waals surface area contributed by atoms with Crippen LogP contribution in [0, 0.1) is 0 Å². The Bertz CT molecular complexity index is 539. The van der Waals surface area contributed by atoms with Gasteiger partial charge in [-0.3, -0.25) is 0 Å². The molecule has 0 spiro atoms. The molecule has 1 aliphatic rings. The Hall–Kier alpha value is -2.10. The maximum atomic E-state index is 4.42. The highest BCUT2D eigenvalue weighted by molar-refractivity contribution is 5.78. The number of benzene rings is 1. The number of hydrogen-bond acceptors (Lipinski definition) is 4. The molecule has 2 aromatic rings. The summed E-state index contributed by atoms with van der Waals surface area (Å²) in [4.78, 5) is 13.1. The van der Waals surface area contributed by atoms with E-state index in [1.165, 1.54) is 5.69 Å². The van der Waals surface area contributed by atoms with E-state index in [9.17, 15) is 0 Å². The zero-order chi connectivity index (χ0) is 12.5. The van der Waals surface area contributed by atoms with E-state index in [0.29, 0.717) is 6.04 Å². The van der Waals surface area contributed by atoms with Crippen molar-refractivity contribution in [2.45, 2.75) is 19.9 Å². The number of anilines is 3. The van der Waals surface area contributed by atoms with Crippen molar-refractivity contribution in [1.29, 1.82) is 0 Å². The highest BCUT2D eigenvalue weighted by Gasteiger charge is 2.29.